The van der Waals surface area contributed by atoms with Gasteiger partial charge in [0.1, 0.15) is 0 Å². The number of nitrogens with zero attached hydrogens (tertiary/aromatic N) is 1. The molecule has 2 N–H and O–H groups in total. The molecule has 1 aliphatic carbocycles. The summed E-state index contributed by atoms with van der Waals surface area (Å²) in [5.41, 5.74) is 0.607. The number of halogens is 1. The van der Waals surface area contributed by atoms with Gasteiger partial charge in [0.2, 0.25) is 5.91 Å². The van der Waals surface area contributed by atoms with Gasteiger partial charge in [0.25, 0.3) is 0 Å². The molecule has 0 aromatic heterocycles. The maximum Gasteiger partial charge on any atom is 0.234 e. The van der Waals surface area contributed by atoms with Crippen LogP contribution in [0, 0.1) is 5.92 Å². The van der Waals surface area contributed by atoms with E-state index in [0.29, 0.717) is 32.1 Å². The molecule has 1 heterocycles. The van der Waals surface area contributed by atoms with E-state index in [4.69, 9.17) is 11.6 Å². The topological polar surface area (TPSA) is 52.6 Å². The van der Waals surface area contributed by atoms with Crippen LogP contribution in [0.15, 0.2) is 24.3 Å². The maximum absolute atomic E-state index is 11.8. The summed E-state index contributed by atoms with van der Waals surface area (Å²) in [7, 11) is 0. The highest BCUT2D eigenvalue weighted by Crippen LogP contribution is 2.44. The van der Waals surface area contributed by atoms with E-state index in [-0.39, 0.29) is 5.91 Å². The van der Waals surface area contributed by atoms with Crippen LogP contribution >= 0.6 is 11.6 Å². The van der Waals surface area contributed by atoms with E-state index in [1.54, 1.807) is 0 Å². The molecular formula is C16H21ClN2O2. The van der Waals surface area contributed by atoms with Crippen LogP contribution in [-0.4, -0.2) is 47.7 Å². The van der Waals surface area contributed by atoms with E-state index in [1.807, 2.05) is 29.2 Å². The molecule has 1 saturated carbocycles. The van der Waals surface area contributed by atoms with Gasteiger partial charge in [0, 0.05) is 24.7 Å². The second-order valence-electron chi connectivity index (χ2n) is 6.25. The van der Waals surface area contributed by atoms with Gasteiger partial charge in [-0.1, -0.05) is 23.7 Å². The number of likely N-dealkylation sites (tertiary alicyclic amines) is 1. The molecular weight excluding hydrogens is 288 g/mol. The first-order chi connectivity index (χ1) is 10.0. The fourth-order valence-electron chi connectivity index (χ4n) is 3.02. The van der Waals surface area contributed by atoms with Crippen molar-refractivity contribution in [2.75, 3.05) is 26.2 Å². The van der Waals surface area contributed by atoms with Gasteiger partial charge in [-0.25, -0.2) is 0 Å². The van der Waals surface area contributed by atoms with Gasteiger partial charge in [-0.3, -0.25) is 9.69 Å². The van der Waals surface area contributed by atoms with Crippen molar-refractivity contribution in [3.05, 3.63) is 34.9 Å². The van der Waals surface area contributed by atoms with Crippen LogP contribution in [0.1, 0.15) is 18.4 Å². The van der Waals surface area contributed by atoms with E-state index >= 15 is 0 Å². The van der Waals surface area contributed by atoms with Crippen molar-refractivity contribution >= 4 is 17.5 Å². The molecule has 5 heteroatoms. The van der Waals surface area contributed by atoms with Gasteiger partial charge < -0.3 is 10.4 Å². The van der Waals surface area contributed by atoms with Crippen molar-refractivity contribution in [3.8, 4) is 0 Å². The predicted molar refractivity (Wildman–Crippen MR) is 82.3 cm³/mol. The first-order valence-corrected chi connectivity index (χ1v) is 7.89. The highest BCUT2D eigenvalue weighted by Gasteiger charge is 2.51. The van der Waals surface area contributed by atoms with Crippen molar-refractivity contribution in [1.82, 2.24) is 10.2 Å². The van der Waals surface area contributed by atoms with Crippen molar-refractivity contribution in [2.45, 2.75) is 24.9 Å². The molecule has 1 aromatic carbocycles. The molecule has 1 amide bonds. The summed E-state index contributed by atoms with van der Waals surface area (Å²) in [5.74, 6) is 0.495. The summed E-state index contributed by atoms with van der Waals surface area (Å²) in [6.07, 6.45) is 3.05. The highest BCUT2D eigenvalue weighted by atomic mass is 35.5. The normalized spacial score (nSPS) is 20.9. The third-order valence-corrected chi connectivity index (χ3v) is 4.56. The molecule has 0 atom stereocenters. The summed E-state index contributed by atoms with van der Waals surface area (Å²) in [4.78, 5) is 13.8. The Morgan fingerprint density at radius 3 is 2.86 bits per heavy atom. The van der Waals surface area contributed by atoms with E-state index in [1.165, 1.54) is 0 Å². The van der Waals surface area contributed by atoms with Gasteiger partial charge in [-0.2, -0.15) is 0 Å². The lowest BCUT2D eigenvalue weighted by Crippen LogP contribution is -2.64. The monoisotopic (exact) mass is 308 g/mol. The maximum atomic E-state index is 11.8. The lowest BCUT2D eigenvalue weighted by molar-refractivity contribution is -0.136. The average molecular weight is 309 g/mol. The van der Waals surface area contributed by atoms with Gasteiger partial charge in [-0.05, 0) is 42.9 Å². The Hall–Kier alpha value is -1.10. The molecule has 2 aliphatic rings. The zero-order valence-corrected chi connectivity index (χ0v) is 12.8. The van der Waals surface area contributed by atoms with Crippen molar-refractivity contribution < 1.29 is 9.90 Å². The lowest BCUT2D eigenvalue weighted by Gasteiger charge is -2.46. The minimum Gasteiger partial charge on any atom is -0.387 e. The zero-order chi connectivity index (χ0) is 14.9. The molecule has 21 heavy (non-hydrogen) atoms. The van der Waals surface area contributed by atoms with Crippen LogP contribution < -0.4 is 5.32 Å². The molecule has 4 nitrogen and oxygen atoms in total. The Labute approximate surface area is 130 Å². The molecule has 1 aliphatic heterocycles. The Balaban J connectivity index is 1.34. The largest absolute Gasteiger partial charge is 0.387 e. The number of hydrogen-bond donors (Lipinski definition) is 2. The number of rotatable bonds is 6. The Morgan fingerprint density at radius 1 is 1.43 bits per heavy atom. The van der Waals surface area contributed by atoms with Crippen LogP contribution in [-0.2, 0) is 11.2 Å². The van der Waals surface area contributed by atoms with Gasteiger partial charge in [0.15, 0.2) is 0 Å². The van der Waals surface area contributed by atoms with Crippen LogP contribution in [0.25, 0.3) is 0 Å². The highest BCUT2D eigenvalue weighted by molar-refractivity contribution is 6.30. The Kier molecular flexibility index (Phi) is 4.20. The first kappa shape index (κ1) is 14.8. The van der Waals surface area contributed by atoms with Crippen LogP contribution in [0.5, 0.6) is 0 Å². The SMILES string of the molecule is O=C(CN1CC(O)(C2CC2)C1)NCCc1cccc(Cl)c1. The van der Waals surface area contributed by atoms with E-state index in [2.05, 4.69) is 5.32 Å². The fourth-order valence-corrected chi connectivity index (χ4v) is 3.23. The smallest absolute Gasteiger partial charge is 0.234 e. The van der Waals surface area contributed by atoms with Gasteiger partial charge in [-0.15, -0.1) is 0 Å². The second kappa shape index (κ2) is 5.95. The Bertz CT molecular complexity index is 525. The summed E-state index contributed by atoms with van der Waals surface area (Å²) in [5, 5.41) is 13.8. The van der Waals surface area contributed by atoms with Crippen LogP contribution in [0.4, 0.5) is 0 Å². The molecule has 1 aromatic rings. The number of β-amino-alcohol motifs (C(OH)–C–C–N with tert-alkyl or cyclic N) is 1. The number of aliphatic hydroxyl groups is 1. The van der Waals surface area contributed by atoms with E-state index in [9.17, 15) is 9.90 Å². The molecule has 114 valence electrons. The van der Waals surface area contributed by atoms with Crippen molar-refractivity contribution in [3.63, 3.8) is 0 Å². The van der Waals surface area contributed by atoms with Crippen molar-refractivity contribution in [1.29, 1.82) is 0 Å². The average Bonchev–Trinajstić information content (AvgIpc) is 3.21. The third kappa shape index (κ3) is 3.76. The molecule has 0 spiro atoms. The number of carbonyl (C=O) groups is 1. The number of benzene rings is 1. The number of hydrogen-bond acceptors (Lipinski definition) is 3. The molecule has 0 unspecified atom stereocenters. The number of nitrogens with one attached hydrogen (secondary N) is 1. The summed E-state index contributed by atoms with van der Waals surface area (Å²) in [6.45, 7) is 2.27. The van der Waals surface area contributed by atoms with Crippen LogP contribution in [0.2, 0.25) is 5.02 Å². The molecule has 3 rings (SSSR count). The summed E-state index contributed by atoms with van der Waals surface area (Å²) < 4.78 is 0. The molecule has 0 bridgehead atoms. The zero-order valence-electron chi connectivity index (χ0n) is 12.0. The first-order valence-electron chi connectivity index (χ1n) is 7.51. The molecule has 1 saturated heterocycles. The minimum absolute atomic E-state index is 0.0230. The number of amides is 1. The third-order valence-electron chi connectivity index (χ3n) is 4.32. The van der Waals surface area contributed by atoms with Gasteiger partial charge in [0.05, 0.1) is 12.1 Å². The lowest BCUT2D eigenvalue weighted by atomic mass is 9.89. The number of carbonyl (C=O) groups excluding carboxylic acids is 1. The fraction of sp³-hybridized carbons (Fsp3) is 0.562. The van der Waals surface area contributed by atoms with E-state index < -0.39 is 5.60 Å². The second-order valence-corrected chi connectivity index (χ2v) is 6.69. The molecule has 2 fully saturated rings. The summed E-state index contributed by atoms with van der Waals surface area (Å²) in [6, 6.07) is 7.68. The van der Waals surface area contributed by atoms with Crippen LogP contribution in [0.3, 0.4) is 0 Å². The van der Waals surface area contributed by atoms with Crippen molar-refractivity contribution in [2.24, 2.45) is 5.92 Å². The predicted octanol–water partition coefficient (Wildman–Crippen LogP) is 1.46. The van der Waals surface area contributed by atoms with Gasteiger partial charge >= 0.3 is 0 Å². The minimum atomic E-state index is -0.513. The quantitative estimate of drug-likeness (QED) is 0.836. The summed E-state index contributed by atoms with van der Waals surface area (Å²) >= 11 is 5.92. The Morgan fingerprint density at radius 2 is 2.19 bits per heavy atom. The standard InChI is InChI=1S/C16H21ClN2O2/c17-14-3-1-2-12(8-14)6-7-18-15(20)9-19-10-16(21,11-19)13-4-5-13/h1-3,8,13,21H,4-7,9-11H2,(H,18,20). The van der Waals surface area contributed by atoms with E-state index in [0.717, 1.165) is 29.8 Å². The molecule has 0 radical (unpaired) electrons.